The van der Waals surface area contributed by atoms with Crippen molar-refractivity contribution >= 4 is 22.7 Å². The van der Waals surface area contributed by atoms with E-state index in [0.29, 0.717) is 30.3 Å². The maximum atomic E-state index is 12.4. The Morgan fingerprint density at radius 3 is 2.55 bits per heavy atom. The maximum Gasteiger partial charge on any atom is 0.261 e. The van der Waals surface area contributed by atoms with Crippen LogP contribution in [0.1, 0.15) is 58.4 Å². The average molecular weight is 446 g/mol. The highest BCUT2D eigenvalue weighted by atomic mass is 16.5. The molecule has 1 saturated heterocycles. The molecule has 2 aliphatic heterocycles. The van der Waals surface area contributed by atoms with Crippen LogP contribution in [0.25, 0.3) is 10.9 Å². The van der Waals surface area contributed by atoms with Crippen LogP contribution in [0, 0.1) is 0 Å². The molecule has 2 amide bonds. The molecule has 0 spiro atoms. The lowest BCUT2D eigenvalue weighted by Crippen LogP contribution is -2.30. The van der Waals surface area contributed by atoms with E-state index in [9.17, 15) is 9.59 Å². The van der Waals surface area contributed by atoms with Gasteiger partial charge in [-0.2, -0.15) is 0 Å². The molecule has 0 bridgehead atoms. The molecule has 3 aromatic rings. The summed E-state index contributed by atoms with van der Waals surface area (Å²) in [7, 11) is 2.22. The van der Waals surface area contributed by atoms with Gasteiger partial charge in [0.15, 0.2) is 0 Å². The number of likely N-dealkylation sites (N-methyl/N-ethyl adjacent to an activating group) is 1. The quantitative estimate of drug-likeness (QED) is 0.385. The molecule has 0 radical (unpaired) electrons. The normalized spacial score (nSPS) is 18.5. The number of likely N-dealkylation sites (tertiary alicyclic amines) is 1. The van der Waals surface area contributed by atoms with Crippen molar-refractivity contribution in [3.05, 3.63) is 65.4 Å². The van der Waals surface area contributed by atoms with E-state index in [4.69, 9.17) is 4.74 Å². The number of amides is 2. The summed E-state index contributed by atoms with van der Waals surface area (Å²) >= 11 is 0. The summed E-state index contributed by atoms with van der Waals surface area (Å²) in [5.74, 6) is 0.543. The minimum Gasteiger partial charge on any atom is -0.494 e. The van der Waals surface area contributed by atoms with Gasteiger partial charge in [-0.3, -0.25) is 14.5 Å². The van der Waals surface area contributed by atoms with E-state index in [1.165, 1.54) is 35.2 Å². The van der Waals surface area contributed by atoms with Gasteiger partial charge in [-0.25, -0.2) is 0 Å². The second-order valence-electron chi connectivity index (χ2n) is 9.22. The van der Waals surface area contributed by atoms with E-state index in [1.54, 1.807) is 24.3 Å². The molecule has 1 N–H and O–H groups in total. The topological polar surface area (TPSA) is 65.6 Å². The van der Waals surface area contributed by atoms with Crippen LogP contribution >= 0.6 is 0 Å². The molecule has 6 heteroatoms. The highest BCUT2D eigenvalue weighted by molar-refractivity contribution is 6.21. The van der Waals surface area contributed by atoms with E-state index in [0.717, 1.165) is 36.9 Å². The lowest BCUT2D eigenvalue weighted by Gasteiger charge is -2.18. The van der Waals surface area contributed by atoms with Gasteiger partial charge in [0, 0.05) is 29.7 Å². The van der Waals surface area contributed by atoms with E-state index >= 15 is 0 Å². The Morgan fingerprint density at radius 2 is 1.82 bits per heavy atom. The van der Waals surface area contributed by atoms with Crippen LogP contribution in [0.2, 0.25) is 0 Å². The van der Waals surface area contributed by atoms with Crippen molar-refractivity contribution in [2.24, 2.45) is 0 Å². The molecule has 0 saturated carbocycles. The van der Waals surface area contributed by atoms with E-state index < -0.39 is 0 Å². The van der Waals surface area contributed by atoms with Crippen molar-refractivity contribution in [3.63, 3.8) is 0 Å². The number of aromatic amines is 1. The molecule has 0 unspecified atom stereocenters. The van der Waals surface area contributed by atoms with Crippen LogP contribution in [0.4, 0.5) is 0 Å². The molecule has 3 heterocycles. The lowest BCUT2D eigenvalue weighted by molar-refractivity contribution is 0.0651. The number of hydrogen-bond donors (Lipinski definition) is 1. The third kappa shape index (κ3) is 4.40. The summed E-state index contributed by atoms with van der Waals surface area (Å²) in [5.41, 5.74) is 3.55. The number of nitrogens with zero attached hydrogens (tertiary/aromatic N) is 2. The second-order valence-corrected chi connectivity index (χ2v) is 9.22. The number of fused-ring (bicyclic) bond motifs is 2. The van der Waals surface area contributed by atoms with Crippen LogP contribution in [-0.4, -0.2) is 59.4 Å². The van der Waals surface area contributed by atoms with Gasteiger partial charge in [-0.15, -0.1) is 0 Å². The highest BCUT2D eigenvalue weighted by Crippen LogP contribution is 2.28. The number of benzene rings is 2. The number of carbonyl (C=O) groups excluding carboxylic acids is 2. The molecule has 1 atom stereocenters. The number of unbranched alkanes of at least 4 members (excludes halogenated alkanes) is 2. The number of carbonyl (C=O) groups is 2. The Balaban J connectivity index is 1.09. The van der Waals surface area contributed by atoms with Crippen LogP contribution < -0.4 is 4.74 Å². The molecule has 1 aromatic heterocycles. The number of ether oxygens (including phenoxy) is 1. The fourth-order valence-corrected chi connectivity index (χ4v) is 5.09. The summed E-state index contributed by atoms with van der Waals surface area (Å²) in [5, 5.41) is 1.25. The van der Waals surface area contributed by atoms with Gasteiger partial charge in [0.1, 0.15) is 5.75 Å². The minimum atomic E-state index is -0.175. The van der Waals surface area contributed by atoms with E-state index in [2.05, 4.69) is 35.3 Å². The lowest BCUT2D eigenvalue weighted by atomic mass is 10.0. The number of H-pyrrole nitrogens is 1. The highest BCUT2D eigenvalue weighted by Gasteiger charge is 2.34. The van der Waals surface area contributed by atoms with Gasteiger partial charge in [0.25, 0.3) is 11.8 Å². The summed E-state index contributed by atoms with van der Waals surface area (Å²) in [6.45, 7) is 2.27. The van der Waals surface area contributed by atoms with Crippen LogP contribution in [0.5, 0.6) is 5.75 Å². The van der Waals surface area contributed by atoms with Gasteiger partial charge < -0.3 is 14.6 Å². The monoisotopic (exact) mass is 445 g/mol. The number of hydrogen-bond acceptors (Lipinski definition) is 4. The number of nitrogens with one attached hydrogen (secondary N) is 1. The summed E-state index contributed by atoms with van der Waals surface area (Å²) < 4.78 is 6.02. The van der Waals surface area contributed by atoms with Gasteiger partial charge in [0.2, 0.25) is 0 Å². The number of aromatic nitrogens is 1. The fraction of sp³-hybridized carbons (Fsp3) is 0.407. The standard InChI is InChI=1S/C27H31N3O3/c1-29-13-7-8-20(29)16-19-18-28-25-12-11-21(17-24(19)25)33-15-6-2-5-14-30-26(31)22-9-3-4-10-23(22)27(30)32/h3-4,9-12,17-18,20,28H,2,5-8,13-16H2,1H3/t20-/m1/s1. The summed E-state index contributed by atoms with van der Waals surface area (Å²) in [4.78, 5) is 32.1. The van der Waals surface area contributed by atoms with Crippen molar-refractivity contribution < 1.29 is 14.3 Å². The van der Waals surface area contributed by atoms with Crippen LogP contribution in [0.15, 0.2) is 48.7 Å². The summed E-state index contributed by atoms with van der Waals surface area (Å²) in [6, 6.07) is 13.9. The van der Waals surface area contributed by atoms with E-state index in [-0.39, 0.29) is 11.8 Å². The molecule has 0 aliphatic carbocycles. The molecular formula is C27H31N3O3. The van der Waals surface area contributed by atoms with Gasteiger partial charge in [-0.1, -0.05) is 12.1 Å². The Morgan fingerprint density at radius 1 is 1.03 bits per heavy atom. The Hall–Kier alpha value is -3.12. The SMILES string of the molecule is CN1CCC[C@@H]1Cc1c[nH]c2ccc(OCCCCCN3C(=O)c4ccccc4C3=O)cc12. The molecule has 6 nitrogen and oxygen atoms in total. The largest absolute Gasteiger partial charge is 0.494 e. The van der Waals surface area contributed by atoms with Gasteiger partial charge >= 0.3 is 0 Å². The van der Waals surface area contributed by atoms with Crippen LogP contribution in [-0.2, 0) is 6.42 Å². The molecule has 2 aliphatic rings. The zero-order valence-electron chi connectivity index (χ0n) is 19.2. The first-order valence-electron chi connectivity index (χ1n) is 12.0. The Bertz CT molecular complexity index is 1130. The number of imide groups is 1. The second kappa shape index (κ2) is 9.40. The molecule has 1 fully saturated rings. The first kappa shape index (κ1) is 21.7. The predicted molar refractivity (Wildman–Crippen MR) is 129 cm³/mol. The van der Waals surface area contributed by atoms with Crippen molar-refractivity contribution in [2.45, 2.75) is 44.6 Å². The smallest absolute Gasteiger partial charge is 0.261 e. The maximum absolute atomic E-state index is 12.4. The zero-order chi connectivity index (χ0) is 22.8. The Kier molecular flexibility index (Phi) is 6.18. The van der Waals surface area contributed by atoms with Gasteiger partial charge in [0.05, 0.1) is 17.7 Å². The van der Waals surface area contributed by atoms with Gasteiger partial charge in [-0.05, 0) is 88.0 Å². The van der Waals surface area contributed by atoms with E-state index in [1.807, 2.05) is 6.07 Å². The van der Waals surface area contributed by atoms with Crippen molar-refractivity contribution in [1.82, 2.24) is 14.8 Å². The molecule has 172 valence electrons. The summed E-state index contributed by atoms with van der Waals surface area (Å²) in [6.07, 6.45) is 8.32. The average Bonchev–Trinajstić information content (AvgIpc) is 3.49. The minimum absolute atomic E-state index is 0.175. The third-order valence-corrected chi connectivity index (χ3v) is 7.04. The predicted octanol–water partition coefficient (Wildman–Crippen LogP) is 4.65. The van der Waals surface area contributed by atoms with Crippen LogP contribution in [0.3, 0.4) is 0 Å². The van der Waals surface area contributed by atoms with Crippen molar-refractivity contribution in [3.8, 4) is 5.75 Å². The fourth-order valence-electron chi connectivity index (χ4n) is 5.09. The zero-order valence-corrected chi connectivity index (χ0v) is 19.2. The first-order chi connectivity index (χ1) is 16.1. The van der Waals surface area contributed by atoms with Crippen molar-refractivity contribution in [2.75, 3.05) is 26.7 Å². The first-order valence-corrected chi connectivity index (χ1v) is 12.0. The molecule has 2 aromatic carbocycles. The molecule has 5 rings (SSSR count). The molecular weight excluding hydrogens is 414 g/mol. The van der Waals surface area contributed by atoms with Crippen molar-refractivity contribution in [1.29, 1.82) is 0 Å². The Labute approximate surface area is 194 Å². The molecule has 33 heavy (non-hydrogen) atoms. The third-order valence-electron chi connectivity index (χ3n) is 7.04. The number of rotatable bonds is 9.